The third-order valence-corrected chi connectivity index (χ3v) is 27.3. The highest BCUT2D eigenvalue weighted by Crippen LogP contribution is 2.46. The predicted molar refractivity (Wildman–Crippen MR) is 289 cm³/mol. The van der Waals surface area contributed by atoms with E-state index in [1.54, 1.807) is 22.3 Å². The second kappa shape index (κ2) is 22.5. The molecule has 0 spiro atoms. The predicted octanol–water partition coefficient (Wildman–Crippen LogP) is 14.7. The Labute approximate surface area is 420 Å². The molecule has 70 heavy (non-hydrogen) atoms. The van der Waals surface area contributed by atoms with Crippen LogP contribution in [0.2, 0.25) is 33.2 Å². The number of amides is 1. The van der Waals surface area contributed by atoms with Crippen molar-refractivity contribution in [3.05, 3.63) is 59.8 Å². The van der Waals surface area contributed by atoms with Gasteiger partial charge in [0.2, 0.25) is 0 Å². The summed E-state index contributed by atoms with van der Waals surface area (Å²) in [6, 6.07) is 6.99. The monoisotopic (exact) mass is 997 g/mol. The number of anilines is 1. The summed E-state index contributed by atoms with van der Waals surface area (Å²) in [5.74, 6) is 3.23. The molecular weight excluding hydrogens is 915 g/mol. The van der Waals surface area contributed by atoms with Crippen LogP contribution in [-0.2, 0) is 4.74 Å². The molecule has 2 aliphatic rings. The van der Waals surface area contributed by atoms with E-state index < -0.39 is 39.7 Å². The van der Waals surface area contributed by atoms with Crippen molar-refractivity contribution in [2.75, 3.05) is 37.8 Å². The van der Waals surface area contributed by atoms with Crippen molar-refractivity contribution in [2.45, 2.75) is 181 Å². The van der Waals surface area contributed by atoms with Crippen molar-refractivity contribution in [2.24, 2.45) is 5.92 Å². The van der Waals surface area contributed by atoms with Crippen LogP contribution in [0.3, 0.4) is 0 Å². The normalized spacial score (nSPS) is 16.9. The van der Waals surface area contributed by atoms with E-state index in [4.69, 9.17) is 28.9 Å². The zero-order valence-corrected chi connectivity index (χ0v) is 47.0. The van der Waals surface area contributed by atoms with Gasteiger partial charge in [-0.15, -0.1) is 5.54 Å². The lowest BCUT2D eigenvalue weighted by atomic mass is 9.94. The average molecular weight is 997 g/mol. The van der Waals surface area contributed by atoms with E-state index in [-0.39, 0.29) is 51.1 Å². The number of nitrogens with one attached hydrogen (secondary N) is 1. The summed E-state index contributed by atoms with van der Waals surface area (Å²) >= 11 is 0. The maximum Gasteiger partial charge on any atom is 0.429 e. The fourth-order valence-corrected chi connectivity index (χ4v) is 22.2. The van der Waals surface area contributed by atoms with E-state index in [0.717, 1.165) is 57.2 Å². The van der Waals surface area contributed by atoms with Crippen LogP contribution in [0.15, 0.2) is 42.6 Å². The quantitative estimate of drug-likeness (QED) is 0.0797. The molecule has 2 saturated heterocycles. The Morgan fingerprint density at radius 3 is 2.17 bits per heavy atom. The molecule has 6 rings (SSSR count). The molecule has 0 saturated carbocycles. The first kappa shape index (κ1) is 54.7. The highest BCUT2D eigenvalue weighted by molar-refractivity contribution is 6.90. The first-order chi connectivity index (χ1) is 32.9. The molecule has 4 aromatic rings. The number of halogens is 2. The molecule has 2 aliphatic heterocycles. The SMILES string of the molecule is C=C1CNCCCC(COc2nc(N3CCCCCN3C(=O)OC(C)(C)C)c3cnc(-c4cc(O[Si](C(C)C)(C(C)C)C(C)C)cc5ccc(F)c(C#C[Si](C(C)C)(C(C)C)C(C)C)c45)c(F)c3n2)C1. The number of pyridine rings is 1. The third-order valence-electron chi connectivity index (χ3n) is 15.0. The first-order valence-corrected chi connectivity index (χ1v) is 30.4. The van der Waals surface area contributed by atoms with Gasteiger partial charge in [0.1, 0.15) is 36.5 Å². The summed E-state index contributed by atoms with van der Waals surface area (Å²) in [7, 11) is -4.90. The molecule has 1 amide bonds. The van der Waals surface area contributed by atoms with Gasteiger partial charge in [0.25, 0.3) is 8.32 Å². The second-order valence-electron chi connectivity index (χ2n) is 22.8. The van der Waals surface area contributed by atoms with Crippen LogP contribution < -0.4 is 19.5 Å². The van der Waals surface area contributed by atoms with Crippen LogP contribution >= 0.6 is 0 Å². The van der Waals surface area contributed by atoms with Gasteiger partial charge in [0, 0.05) is 36.8 Å². The van der Waals surface area contributed by atoms with Gasteiger partial charge in [-0.25, -0.2) is 18.6 Å². The topological polar surface area (TPSA) is 102 Å². The van der Waals surface area contributed by atoms with Crippen molar-refractivity contribution >= 4 is 50.0 Å². The number of benzene rings is 2. The minimum absolute atomic E-state index is 0.0174. The number of nitrogens with zero attached hydrogens (tertiary/aromatic N) is 5. The fourth-order valence-electron chi connectivity index (χ4n) is 11.8. The fraction of sp³-hybridized carbons (Fsp3) is 0.607. The highest BCUT2D eigenvalue weighted by Gasteiger charge is 2.47. The largest absolute Gasteiger partial charge is 0.543 e. The molecule has 0 radical (unpaired) electrons. The zero-order chi connectivity index (χ0) is 51.5. The number of hydrogen-bond donors (Lipinski definition) is 1. The van der Waals surface area contributed by atoms with Crippen LogP contribution in [0.1, 0.15) is 148 Å². The Hall–Kier alpha value is -4.59. The van der Waals surface area contributed by atoms with E-state index in [2.05, 4.69) is 106 Å². The molecule has 1 unspecified atom stereocenters. The number of hydrazine groups is 1. The van der Waals surface area contributed by atoms with Crippen LogP contribution in [0.4, 0.5) is 19.4 Å². The van der Waals surface area contributed by atoms with E-state index in [1.165, 1.54) is 6.07 Å². The Morgan fingerprint density at radius 1 is 0.886 bits per heavy atom. The summed E-state index contributed by atoms with van der Waals surface area (Å²) in [6.45, 7) is 39.3. The van der Waals surface area contributed by atoms with Gasteiger partial charge < -0.3 is 19.2 Å². The lowest BCUT2D eigenvalue weighted by Crippen LogP contribution is -2.50. The molecule has 10 nitrogen and oxygen atoms in total. The van der Waals surface area contributed by atoms with E-state index in [9.17, 15) is 4.79 Å². The van der Waals surface area contributed by atoms with Crippen LogP contribution in [0.5, 0.6) is 11.8 Å². The molecule has 4 heterocycles. The molecular formula is C56H82F2N6O4Si2. The van der Waals surface area contributed by atoms with Gasteiger partial charge in [0.15, 0.2) is 11.6 Å². The summed E-state index contributed by atoms with van der Waals surface area (Å²) in [4.78, 5) is 28.8. The molecule has 2 aromatic heterocycles. The molecule has 2 fully saturated rings. The van der Waals surface area contributed by atoms with Crippen molar-refractivity contribution in [1.82, 2.24) is 25.3 Å². The van der Waals surface area contributed by atoms with E-state index >= 15 is 8.78 Å². The number of rotatable bonds is 13. The number of ether oxygens (including phenoxy) is 2. The maximum atomic E-state index is 18.4. The molecule has 1 atom stereocenters. The highest BCUT2D eigenvalue weighted by atomic mass is 28.4. The van der Waals surface area contributed by atoms with Crippen molar-refractivity contribution in [3.63, 3.8) is 0 Å². The van der Waals surface area contributed by atoms with Gasteiger partial charge in [-0.3, -0.25) is 9.99 Å². The molecule has 1 N–H and O–H groups in total. The van der Waals surface area contributed by atoms with Crippen molar-refractivity contribution in [3.8, 4) is 34.5 Å². The van der Waals surface area contributed by atoms with Crippen LogP contribution in [0.25, 0.3) is 32.9 Å². The standard InChI is InChI=1S/C56H82F2N6O4Si2/c1-35(2)69(36(3)4,37(5)6)28-24-45-48(57)23-22-43-30-44(68-70(38(7)8,39(9)10)40(11)12)31-46(49(43)45)51-50(58)52-47(33-60-51)53(63-26-18-17-19-27-64(63)55(65)67-56(14,15)16)62-54(61-52)66-34-42-21-20-25-59-32-41(13)29-42/h22-23,30-31,33,35-40,42,59H,13,17-21,25-27,29,32,34H2,1-12,14-16H3. The summed E-state index contributed by atoms with van der Waals surface area (Å²) in [5, 5.41) is 8.20. The van der Waals surface area contributed by atoms with Gasteiger partial charge in [-0.05, 0) is 129 Å². The summed E-state index contributed by atoms with van der Waals surface area (Å²) in [5.41, 5.74) is 6.27. The van der Waals surface area contributed by atoms with E-state index in [1.807, 2.05) is 32.9 Å². The molecule has 2 aromatic carbocycles. The first-order valence-electron chi connectivity index (χ1n) is 26.1. The lowest BCUT2D eigenvalue weighted by Gasteiger charge is -2.42. The Morgan fingerprint density at radius 2 is 1.54 bits per heavy atom. The smallest absolute Gasteiger partial charge is 0.429 e. The number of aromatic nitrogens is 3. The van der Waals surface area contributed by atoms with Gasteiger partial charge in [-0.2, -0.15) is 9.97 Å². The number of carbonyl (C=O) groups is 1. The maximum absolute atomic E-state index is 18.4. The van der Waals surface area contributed by atoms with Gasteiger partial charge >= 0.3 is 12.1 Å². The molecule has 0 aliphatic carbocycles. The van der Waals surface area contributed by atoms with Gasteiger partial charge in [-0.1, -0.05) is 107 Å². The van der Waals surface area contributed by atoms with Crippen molar-refractivity contribution in [1.29, 1.82) is 0 Å². The number of hydrogen-bond acceptors (Lipinski definition) is 9. The second-order valence-corrected chi connectivity index (χ2v) is 33.8. The minimum Gasteiger partial charge on any atom is -0.543 e. The third kappa shape index (κ3) is 11.5. The van der Waals surface area contributed by atoms with Crippen LogP contribution in [-0.4, -0.2) is 80.8 Å². The molecule has 14 heteroatoms. The molecule has 0 bridgehead atoms. The summed E-state index contributed by atoms with van der Waals surface area (Å²) < 4.78 is 54.9. The average Bonchev–Trinajstić information content (AvgIpc) is 3.52. The zero-order valence-electron chi connectivity index (χ0n) is 45.0. The Kier molecular flexibility index (Phi) is 17.6. The molecule has 382 valence electrons. The minimum atomic E-state index is -2.55. The summed E-state index contributed by atoms with van der Waals surface area (Å²) in [6.07, 6.45) is 6.07. The van der Waals surface area contributed by atoms with Gasteiger partial charge in [0.05, 0.1) is 17.6 Å². The number of fused-ring (bicyclic) bond motifs is 2. The Bertz CT molecular complexity index is 2540. The van der Waals surface area contributed by atoms with E-state index in [0.29, 0.717) is 63.8 Å². The van der Waals surface area contributed by atoms with Crippen LogP contribution in [0, 0.1) is 29.0 Å². The Balaban J connectivity index is 1.67. The number of carbonyl (C=O) groups excluding carboxylic acids is 1. The van der Waals surface area contributed by atoms with Crippen molar-refractivity contribution < 1.29 is 27.5 Å². The lowest BCUT2D eigenvalue weighted by molar-refractivity contribution is 0.0232.